The number of nitrogens with zero attached hydrogens (tertiary/aromatic N) is 2. The van der Waals surface area contributed by atoms with Crippen LogP contribution in [0.5, 0.6) is 0 Å². The predicted molar refractivity (Wildman–Crippen MR) is 67.0 cm³/mol. The normalized spacial score (nSPS) is 16.9. The minimum atomic E-state index is 0.346. The van der Waals surface area contributed by atoms with Crippen molar-refractivity contribution in [2.75, 3.05) is 13.7 Å². The number of hydrogen-bond acceptors (Lipinski definition) is 3. The van der Waals surface area contributed by atoms with Crippen LogP contribution < -0.4 is 0 Å². The summed E-state index contributed by atoms with van der Waals surface area (Å²) < 4.78 is 5.13. The van der Waals surface area contributed by atoms with Gasteiger partial charge in [0.1, 0.15) is 6.33 Å². The topological polar surface area (TPSA) is 35.0 Å². The number of halogens is 1. The lowest BCUT2D eigenvalue weighted by Gasteiger charge is -2.18. The summed E-state index contributed by atoms with van der Waals surface area (Å²) in [5.74, 6) is 0. The molecule has 0 fully saturated rings. The molecule has 0 aromatic carbocycles. The van der Waals surface area contributed by atoms with Crippen LogP contribution in [0.25, 0.3) is 0 Å². The number of aromatic nitrogens is 2. The summed E-state index contributed by atoms with van der Waals surface area (Å²) in [6.07, 6.45) is 7.41. The van der Waals surface area contributed by atoms with Gasteiger partial charge < -0.3 is 4.74 Å². The molecule has 0 saturated carbocycles. The Bertz CT molecular complexity index is 357. The molecule has 1 aliphatic carbocycles. The molecule has 88 valence electrons. The zero-order valence-corrected chi connectivity index (χ0v) is 11.2. The summed E-state index contributed by atoms with van der Waals surface area (Å²) >= 11 is 3.62. The first-order valence-electron chi connectivity index (χ1n) is 5.76. The van der Waals surface area contributed by atoms with E-state index in [2.05, 4.69) is 25.9 Å². The second-order valence-corrected chi connectivity index (χ2v) is 5.50. The first-order chi connectivity index (χ1) is 7.81. The van der Waals surface area contributed by atoms with Crippen LogP contribution >= 0.6 is 15.9 Å². The Morgan fingerprint density at radius 2 is 2.19 bits per heavy atom. The van der Waals surface area contributed by atoms with E-state index in [0.717, 1.165) is 25.9 Å². The van der Waals surface area contributed by atoms with Crippen LogP contribution in [0.15, 0.2) is 6.33 Å². The Morgan fingerprint density at radius 1 is 1.38 bits per heavy atom. The van der Waals surface area contributed by atoms with Gasteiger partial charge in [-0.1, -0.05) is 15.9 Å². The van der Waals surface area contributed by atoms with Crippen molar-refractivity contribution in [2.45, 2.75) is 36.9 Å². The molecule has 1 aromatic heterocycles. The molecule has 1 aliphatic rings. The molecule has 2 rings (SSSR count). The number of methoxy groups -OCH3 is 1. The summed E-state index contributed by atoms with van der Waals surface area (Å²) in [6, 6.07) is 0. The Hall–Kier alpha value is -0.480. The fraction of sp³-hybridized carbons (Fsp3) is 0.667. The molecular weight excluding hydrogens is 268 g/mol. The third-order valence-corrected chi connectivity index (χ3v) is 3.56. The summed E-state index contributed by atoms with van der Waals surface area (Å²) in [4.78, 5) is 9.14. The van der Waals surface area contributed by atoms with Crippen molar-refractivity contribution in [3.05, 3.63) is 23.3 Å². The zero-order valence-electron chi connectivity index (χ0n) is 9.58. The molecule has 0 N–H and O–H groups in total. The van der Waals surface area contributed by atoms with E-state index < -0.39 is 0 Å². The van der Waals surface area contributed by atoms with Gasteiger partial charge in [0, 0.05) is 29.7 Å². The number of ether oxygens (including phenoxy) is 1. The van der Waals surface area contributed by atoms with E-state index in [1.165, 1.54) is 29.8 Å². The molecule has 3 nitrogen and oxygen atoms in total. The molecule has 1 atom stereocenters. The predicted octanol–water partition coefficient (Wildman–Crippen LogP) is 2.31. The van der Waals surface area contributed by atoms with Crippen molar-refractivity contribution in [3.63, 3.8) is 0 Å². The maximum Gasteiger partial charge on any atom is 0.115 e. The average Bonchev–Trinajstić information content (AvgIpc) is 2.30. The summed E-state index contributed by atoms with van der Waals surface area (Å²) in [6.45, 7) is 0.721. The van der Waals surface area contributed by atoms with Crippen LogP contribution in [0.3, 0.4) is 0 Å². The van der Waals surface area contributed by atoms with Crippen LogP contribution in [-0.2, 0) is 24.0 Å². The number of aryl methyl sites for hydroxylation is 1. The molecule has 0 aliphatic heterocycles. The lowest BCUT2D eigenvalue weighted by molar-refractivity contribution is 0.200. The lowest BCUT2D eigenvalue weighted by atomic mass is 9.93. The zero-order chi connectivity index (χ0) is 11.4. The molecule has 0 radical (unpaired) electrons. The Kier molecular flexibility index (Phi) is 4.29. The highest BCUT2D eigenvalue weighted by molar-refractivity contribution is 9.09. The van der Waals surface area contributed by atoms with Gasteiger partial charge in [-0.3, -0.25) is 0 Å². The van der Waals surface area contributed by atoms with E-state index in [4.69, 9.17) is 4.74 Å². The smallest absolute Gasteiger partial charge is 0.115 e. The Balaban J connectivity index is 2.14. The van der Waals surface area contributed by atoms with Crippen molar-refractivity contribution in [3.8, 4) is 0 Å². The van der Waals surface area contributed by atoms with Gasteiger partial charge >= 0.3 is 0 Å². The largest absolute Gasteiger partial charge is 0.384 e. The molecule has 1 aromatic rings. The molecule has 0 bridgehead atoms. The standard InChI is InChI=1S/C12H17BrN2O/c1-16-7-9(13)6-12-10-4-2-3-5-11(10)14-8-15-12/h8-9H,2-7H2,1H3. The van der Waals surface area contributed by atoms with Crippen molar-refractivity contribution >= 4 is 15.9 Å². The molecule has 4 heteroatoms. The van der Waals surface area contributed by atoms with Crippen LogP contribution in [0.4, 0.5) is 0 Å². The SMILES string of the molecule is COCC(Br)Cc1ncnc2c1CCCC2. The average molecular weight is 285 g/mol. The molecular formula is C12H17BrN2O. The molecule has 1 heterocycles. The summed E-state index contributed by atoms with van der Waals surface area (Å²) in [5, 5.41) is 0. The van der Waals surface area contributed by atoms with E-state index in [-0.39, 0.29) is 0 Å². The van der Waals surface area contributed by atoms with Gasteiger partial charge in [0.15, 0.2) is 0 Å². The monoisotopic (exact) mass is 284 g/mol. The molecule has 1 unspecified atom stereocenters. The van der Waals surface area contributed by atoms with Gasteiger partial charge in [-0.2, -0.15) is 0 Å². The van der Waals surface area contributed by atoms with Crippen molar-refractivity contribution < 1.29 is 4.74 Å². The number of rotatable bonds is 4. The highest BCUT2D eigenvalue weighted by atomic mass is 79.9. The first kappa shape index (κ1) is 12.0. The van der Waals surface area contributed by atoms with Crippen molar-refractivity contribution in [1.29, 1.82) is 0 Å². The molecule has 0 spiro atoms. The maximum absolute atomic E-state index is 5.13. The van der Waals surface area contributed by atoms with Crippen LogP contribution in [0.1, 0.15) is 29.8 Å². The second-order valence-electron chi connectivity index (χ2n) is 4.21. The molecule has 16 heavy (non-hydrogen) atoms. The van der Waals surface area contributed by atoms with E-state index >= 15 is 0 Å². The van der Waals surface area contributed by atoms with Gasteiger partial charge in [-0.25, -0.2) is 9.97 Å². The summed E-state index contributed by atoms with van der Waals surface area (Å²) in [7, 11) is 1.73. The fourth-order valence-corrected chi connectivity index (χ4v) is 2.79. The first-order valence-corrected chi connectivity index (χ1v) is 6.67. The van der Waals surface area contributed by atoms with E-state index in [1.807, 2.05) is 0 Å². The van der Waals surface area contributed by atoms with Gasteiger partial charge in [-0.05, 0) is 31.2 Å². The minimum absolute atomic E-state index is 0.346. The van der Waals surface area contributed by atoms with E-state index in [9.17, 15) is 0 Å². The van der Waals surface area contributed by atoms with E-state index in [0.29, 0.717) is 4.83 Å². The van der Waals surface area contributed by atoms with Gasteiger partial charge in [-0.15, -0.1) is 0 Å². The van der Waals surface area contributed by atoms with Gasteiger partial charge in [0.25, 0.3) is 0 Å². The lowest BCUT2D eigenvalue weighted by Crippen LogP contribution is -2.16. The van der Waals surface area contributed by atoms with Crippen molar-refractivity contribution in [2.24, 2.45) is 0 Å². The fourth-order valence-electron chi connectivity index (χ4n) is 2.21. The van der Waals surface area contributed by atoms with Crippen molar-refractivity contribution in [1.82, 2.24) is 9.97 Å². The second kappa shape index (κ2) is 5.73. The Morgan fingerprint density at radius 3 is 3.00 bits per heavy atom. The van der Waals surface area contributed by atoms with Crippen LogP contribution in [-0.4, -0.2) is 28.5 Å². The molecule has 0 saturated heterocycles. The van der Waals surface area contributed by atoms with Gasteiger partial charge in [0.05, 0.1) is 6.61 Å². The Labute approximate surface area is 105 Å². The van der Waals surface area contributed by atoms with Crippen LogP contribution in [0, 0.1) is 0 Å². The highest BCUT2D eigenvalue weighted by Gasteiger charge is 2.17. The van der Waals surface area contributed by atoms with Crippen LogP contribution in [0.2, 0.25) is 0 Å². The number of alkyl halides is 1. The maximum atomic E-state index is 5.13. The number of fused-ring (bicyclic) bond motifs is 1. The third-order valence-electron chi connectivity index (χ3n) is 2.98. The third kappa shape index (κ3) is 2.80. The quantitative estimate of drug-likeness (QED) is 0.796. The molecule has 0 amide bonds. The highest BCUT2D eigenvalue weighted by Crippen LogP contribution is 2.23. The van der Waals surface area contributed by atoms with Gasteiger partial charge in [0.2, 0.25) is 0 Å². The van der Waals surface area contributed by atoms with E-state index in [1.54, 1.807) is 13.4 Å². The summed E-state index contributed by atoms with van der Waals surface area (Å²) in [5.41, 5.74) is 3.84. The minimum Gasteiger partial charge on any atom is -0.384 e. The number of hydrogen-bond donors (Lipinski definition) is 0.